The number of amides is 1. The number of halogens is 1. The molecule has 3 nitrogen and oxygen atoms in total. The molecule has 0 heterocycles. The van der Waals surface area contributed by atoms with E-state index in [1.807, 2.05) is 33.0 Å². The molecule has 0 fully saturated rings. The first-order chi connectivity index (χ1) is 9.90. The van der Waals surface area contributed by atoms with E-state index in [4.69, 9.17) is 5.73 Å². The predicted octanol–water partition coefficient (Wildman–Crippen LogP) is 4.14. The Bertz CT molecular complexity index is 653. The van der Waals surface area contributed by atoms with E-state index in [0.29, 0.717) is 11.3 Å². The molecule has 0 spiro atoms. The fraction of sp³-hybridized carbons (Fsp3) is 0.278. The lowest BCUT2D eigenvalue weighted by Gasteiger charge is -2.26. The van der Waals surface area contributed by atoms with Gasteiger partial charge in [0.25, 0.3) is 5.91 Å². The lowest BCUT2D eigenvalue weighted by atomic mass is 10.0. The Morgan fingerprint density at radius 3 is 2.27 bits per heavy atom. The molecule has 0 saturated carbocycles. The number of nitrogens with two attached hydrogens (primary N) is 1. The van der Waals surface area contributed by atoms with E-state index >= 15 is 0 Å². The number of carbonyl (C=O) groups is 1. The summed E-state index contributed by atoms with van der Waals surface area (Å²) in [5.74, 6) is -0.00660. The van der Waals surface area contributed by atoms with E-state index in [2.05, 4.69) is 31.2 Å². The first-order valence-electron chi connectivity index (χ1n) is 7.10. The van der Waals surface area contributed by atoms with Crippen LogP contribution < -0.4 is 5.73 Å². The third-order valence-corrected chi connectivity index (χ3v) is 3.95. The number of rotatable bonds is 3. The highest BCUT2D eigenvalue weighted by atomic mass is 35.5. The summed E-state index contributed by atoms with van der Waals surface area (Å²) >= 11 is 0. The van der Waals surface area contributed by atoms with Gasteiger partial charge in [0.05, 0.1) is 6.04 Å². The third kappa shape index (κ3) is 3.80. The SMILES string of the molecule is Cc1ccc(C(C)N(C)C(=O)c2cc(N)ccc2C)cc1.Cl. The molecule has 22 heavy (non-hydrogen) atoms. The van der Waals surface area contributed by atoms with Gasteiger partial charge in [0.15, 0.2) is 0 Å². The van der Waals surface area contributed by atoms with Crippen LogP contribution in [-0.2, 0) is 0 Å². The van der Waals surface area contributed by atoms with Crippen molar-refractivity contribution >= 4 is 24.0 Å². The molecule has 0 aliphatic carbocycles. The second-order valence-electron chi connectivity index (χ2n) is 5.58. The summed E-state index contributed by atoms with van der Waals surface area (Å²) in [5.41, 5.74) is 10.4. The Labute approximate surface area is 138 Å². The van der Waals surface area contributed by atoms with Gasteiger partial charge >= 0.3 is 0 Å². The maximum absolute atomic E-state index is 12.7. The van der Waals surface area contributed by atoms with Crippen LogP contribution in [0.25, 0.3) is 0 Å². The number of hydrogen-bond donors (Lipinski definition) is 1. The van der Waals surface area contributed by atoms with Gasteiger partial charge in [-0.1, -0.05) is 35.9 Å². The molecule has 2 N–H and O–H groups in total. The van der Waals surface area contributed by atoms with Gasteiger partial charge in [-0.05, 0) is 44.0 Å². The number of benzene rings is 2. The molecule has 2 rings (SSSR count). The van der Waals surface area contributed by atoms with Crippen LogP contribution >= 0.6 is 12.4 Å². The highest BCUT2D eigenvalue weighted by Crippen LogP contribution is 2.23. The smallest absolute Gasteiger partial charge is 0.254 e. The first-order valence-corrected chi connectivity index (χ1v) is 7.10. The zero-order valence-corrected chi connectivity index (χ0v) is 14.3. The van der Waals surface area contributed by atoms with Gasteiger partial charge in [-0.15, -0.1) is 12.4 Å². The Morgan fingerprint density at radius 2 is 1.68 bits per heavy atom. The highest BCUT2D eigenvalue weighted by Gasteiger charge is 2.20. The van der Waals surface area contributed by atoms with Crippen molar-refractivity contribution in [1.29, 1.82) is 0 Å². The molecule has 2 aromatic carbocycles. The van der Waals surface area contributed by atoms with Crippen molar-refractivity contribution < 1.29 is 4.79 Å². The second kappa shape index (κ2) is 7.32. The number of hydrogen-bond acceptors (Lipinski definition) is 2. The van der Waals surface area contributed by atoms with E-state index < -0.39 is 0 Å². The first kappa shape index (κ1) is 18.1. The number of nitrogens with zero attached hydrogens (tertiary/aromatic N) is 1. The number of anilines is 1. The molecule has 0 radical (unpaired) electrons. The van der Waals surface area contributed by atoms with Gasteiger partial charge in [0.1, 0.15) is 0 Å². The second-order valence-corrected chi connectivity index (χ2v) is 5.58. The van der Waals surface area contributed by atoms with Crippen LogP contribution in [0.2, 0.25) is 0 Å². The predicted molar refractivity (Wildman–Crippen MR) is 94.5 cm³/mol. The van der Waals surface area contributed by atoms with Crippen molar-refractivity contribution in [1.82, 2.24) is 4.90 Å². The summed E-state index contributed by atoms with van der Waals surface area (Å²) in [6.45, 7) is 6.01. The van der Waals surface area contributed by atoms with E-state index in [9.17, 15) is 4.79 Å². The van der Waals surface area contributed by atoms with Gasteiger partial charge < -0.3 is 10.6 Å². The molecular weight excluding hydrogens is 296 g/mol. The van der Waals surface area contributed by atoms with E-state index in [1.165, 1.54) is 5.56 Å². The quantitative estimate of drug-likeness (QED) is 0.864. The molecule has 0 saturated heterocycles. The minimum absolute atomic E-state index is 0. The molecule has 0 bridgehead atoms. The summed E-state index contributed by atoms with van der Waals surface area (Å²) in [6.07, 6.45) is 0. The molecule has 1 atom stereocenters. The molecule has 4 heteroatoms. The van der Waals surface area contributed by atoms with E-state index in [1.54, 1.807) is 11.0 Å². The maximum Gasteiger partial charge on any atom is 0.254 e. The Morgan fingerprint density at radius 1 is 1.09 bits per heavy atom. The van der Waals surface area contributed by atoms with Gasteiger partial charge in [-0.2, -0.15) is 0 Å². The Balaban J connectivity index is 0.00000242. The molecule has 1 amide bonds. The Kier molecular flexibility index (Phi) is 6.01. The van der Waals surface area contributed by atoms with E-state index in [0.717, 1.165) is 11.1 Å². The van der Waals surface area contributed by atoms with Crippen LogP contribution in [0.15, 0.2) is 42.5 Å². The van der Waals surface area contributed by atoms with E-state index in [-0.39, 0.29) is 24.4 Å². The van der Waals surface area contributed by atoms with Gasteiger partial charge in [-0.3, -0.25) is 4.79 Å². The summed E-state index contributed by atoms with van der Waals surface area (Å²) in [4.78, 5) is 14.4. The molecule has 118 valence electrons. The standard InChI is InChI=1S/C18H22N2O.ClH/c1-12-5-8-15(9-6-12)14(3)20(4)18(21)17-11-16(19)10-7-13(17)2;/h5-11,14H,19H2,1-4H3;1H. The van der Waals surface area contributed by atoms with Gasteiger partial charge in [-0.25, -0.2) is 0 Å². The molecular formula is C18H23ClN2O. The van der Waals surface area contributed by atoms with Gasteiger partial charge in [0, 0.05) is 18.3 Å². The fourth-order valence-electron chi connectivity index (χ4n) is 2.30. The monoisotopic (exact) mass is 318 g/mol. The average molecular weight is 319 g/mol. The van der Waals surface area contributed by atoms with Crippen molar-refractivity contribution in [3.8, 4) is 0 Å². The van der Waals surface area contributed by atoms with Crippen LogP contribution in [0.5, 0.6) is 0 Å². The van der Waals surface area contributed by atoms with Crippen molar-refractivity contribution in [3.63, 3.8) is 0 Å². The minimum atomic E-state index is -0.00660. The third-order valence-electron chi connectivity index (χ3n) is 3.95. The number of aryl methyl sites for hydroxylation is 2. The van der Waals surface area contributed by atoms with Crippen LogP contribution in [-0.4, -0.2) is 17.9 Å². The highest BCUT2D eigenvalue weighted by molar-refractivity contribution is 5.96. The molecule has 2 aromatic rings. The van der Waals surface area contributed by atoms with Crippen molar-refractivity contribution in [3.05, 3.63) is 64.7 Å². The maximum atomic E-state index is 12.7. The van der Waals surface area contributed by atoms with Crippen molar-refractivity contribution in [2.24, 2.45) is 0 Å². The van der Waals surface area contributed by atoms with Gasteiger partial charge in [0.2, 0.25) is 0 Å². The fourth-order valence-corrected chi connectivity index (χ4v) is 2.30. The zero-order valence-electron chi connectivity index (χ0n) is 13.5. The topological polar surface area (TPSA) is 46.3 Å². The molecule has 1 unspecified atom stereocenters. The molecule has 0 aromatic heterocycles. The summed E-state index contributed by atoms with van der Waals surface area (Å²) in [6, 6.07) is 13.7. The van der Waals surface area contributed by atoms with Crippen molar-refractivity contribution in [2.75, 3.05) is 12.8 Å². The lowest BCUT2D eigenvalue weighted by molar-refractivity contribution is 0.0742. The lowest BCUT2D eigenvalue weighted by Crippen LogP contribution is -2.30. The summed E-state index contributed by atoms with van der Waals surface area (Å²) in [7, 11) is 1.83. The average Bonchev–Trinajstić information content (AvgIpc) is 2.48. The summed E-state index contributed by atoms with van der Waals surface area (Å²) < 4.78 is 0. The zero-order chi connectivity index (χ0) is 15.6. The van der Waals surface area contributed by atoms with Crippen LogP contribution in [0.4, 0.5) is 5.69 Å². The van der Waals surface area contributed by atoms with Crippen LogP contribution in [0, 0.1) is 13.8 Å². The summed E-state index contributed by atoms with van der Waals surface area (Å²) in [5, 5.41) is 0. The molecule has 0 aliphatic heterocycles. The normalized spacial score (nSPS) is 11.5. The largest absolute Gasteiger partial charge is 0.399 e. The molecule has 0 aliphatic rings. The number of nitrogen functional groups attached to an aromatic ring is 1. The van der Waals surface area contributed by atoms with Crippen molar-refractivity contribution in [2.45, 2.75) is 26.8 Å². The Hall–Kier alpha value is -2.00. The minimum Gasteiger partial charge on any atom is -0.399 e. The number of carbonyl (C=O) groups excluding carboxylic acids is 1. The van der Waals surface area contributed by atoms with Crippen LogP contribution in [0.1, 0.15) is 40.0 Å². The van der Waals surface area contributed by atoms with Crippen LogP contribution in [0.3, 0.4) is 0 Å².